The van der Waals surface area contributed by atoms with Gasteiger partial charge in [-0.2, -0.15) is 0 Å². The van der Waals surface area contributed by atoms with E-state index in [0.717, 1.165) is 69.4 Å². The van der Waals surface area contributed by atoms with Crippen LogP contribution in [0.2, 0.25) is 0 Å². The molecule has 2 N–H and O–H groups in total. The van der Waals surface area contributed by atoms with Crippen molar-refractivity contribution in [2.24, 2.45) is 28.6 Å². The van der Waals surface area contributed by atoms with Crippen molar-refractivity contribution in [2.45, 2.75) is 90.1 Å². The van der Waals surface area contributed by atoms with Crippen molar-refractivity contribution in [3.05, 3.63) is 0 Å². The first-order chi connectivity index (χ1) is 13.6. The van der Waals surface area contributed by atoms with Crippen molar-refractivity contribution >= 4 is 11.8 Å². The van der Waals surface area contributed by atoms with Crippen molar-refractivity contribution in [3.63, 3.8) is 0 Å². The highest BCUT2D eigenvalue weighted by atomic mass is 16.2. The van der Waals surface area contributed by atoms with E-state index < -0.39 is 0 Å². The molecule has 1 spiro atoms. The molecule has 5 heteroatoms. The van der Waals surface area contributed by atoms with Gasteiger partial charge in [0.05, 0.1) is 6.54 Å². The average molecular weight is 402 g/mol. The largest absolute Gasteiger partial charge is 0.352 e. The first-order valence-electron chi connectivity index (χ1n) is 12.0. The Labute approximate surface area is 175 Å². The molecule has 5 aliphatic carbocycles. The number of nitrogens with one attached hydrogen (secondary N) is 2. The molecule has 4 bridgehead atoms. The predicted molar refractivity (Wildman–Crippen MR) is 113 cm³/mol. The summed E-state index contributed by atoms with van der Waals surface area (Å²) in [6, 6.07) is 0.383. The molecule has 0 aromatic heterocycles. The molecule has 1 atom stereocenters. The fourth-order valence-corrected chi connectivity index (χ4v) is 7.62. The van der Waals surface area contributed by atoms with Gasteiger partial charge in [0, 0.05) is 17.0 Å². The summed E-state index contributed by atoms with van der Waals surface area (Å²) in [7, 11) is 0. The minimum atomic E-state index is -0.169. The Morgan fingerprint density at radius 3 is 2.00 bits per heavy atom. The highest BCUT2D eigenvalue weighted by Crippen LogP contribution is 2.61. The molecule has 1 unspecified atom stereocenters. The number of amides is 2. The third-order valence-corrected chi connectivity index (χ3v) is 8.75. The number of likely N-dealkylation sites (tertiary alicyclic amines) is 1. The number of rotatable bonds is 4. The van der Waals surface area contributed by atoms with E-state index in [2.05, 4.69) is 15.5 Å². The molecule has 5 saturated carbocycles. The van der Waals surface area contributed by atoms with E-state index in [9.17, 15) is 9.59 Å². The van der Waals surface area contributed by atoms with Gasteiger partial charge in [-0.3, -0.25) is 14.5 Å². The van der Waals surface area contributed by atoms with Gasteiger partial charge in [-0.25, -0.2) is 0 Å². The molecule has 6 rings (SSSR count). The van der Waals surface area contributed by atoms with Crippen LogP contribution < -0.4 is 10.6 Å². The van der Waals surface area contributed by atoms with Gasteiger partial charge in [-0.15, -0.1) is 0 Å². The summed E-state index contributed by atoms with van der Waals surface area (Å²) in [4.78, 5) is 27.8. The van der Waals surface area contributed by atoms with Gasteiger partial charge in [0.1, 0.15) is 0 Å². The molecule has 0 aromatic rings. The molecule has 0 aromatic carbocycles. The lowest BCUT2D eigenvalue weighted by Gasteiger charge is -2.55. The topological polar surface area (TPSA) is 61.4 Å². The highest BCUT2D eigenvalue weighted by Gasteiger charge is 2.59. The maximum absolute atomic E-state index is 13.3. The van der Waals surface area contributed by atoms with Gasteiger partial charge in [0.2, 0.25) is 11.8 Å². The summed E-state index contributed by atoms with van der Waals surface area (Å²) < 4.78 is 0. The molecule has 1 heterocycles. The van der Waals surface area contributed by atoms with Crippen molar-refractivity contribution in [1.82, 2.24) is 15.5 Å². The van der Waals surface area contributed by atoms with Gasteiger partial charge < -0.3 is 10.6 Å². The predicted octanol–water partition coefficient (Wildman–Crippen LogP) is 3.09. The molecule has 6 aliphatic rings. The minimum absolute atomic E-state index is 0.0235. The van der Waals surface area contributed by atoms with E-state index in [-0.39, 0.29) is 16.9 Å². The molecule has 5 nitrogen and oxygen atoms in total. The fourth-order valence-electron chi connectivity index (χ4n) is 7.62. The van der Waals surface area contributed by atoms with Crippen LogP contribution in [0.1, 0.15) is 78.6 Å². The lowest BCUT2D eigenvalue weighted by Crippen LogP contribution is -2.54. The Kier molecular flexibility index (Phi) is 4.58. The Hall–Kier alpha value is -1.10. The third-order valence-electron chi connectivity index (χ3n) is 8.75. The van der Waals surface area contributed by atoms with Gasteiger partial charge in [0.25, 0.3) is 0 Å². The molecule has 1 saturated heterocycles. The van der Waals surface area contributed by atoms with Crippen LogP contribution in [0.5, 0.6) is 0 Å². The molecular weight excluding hydrogens is 362 g/mol. The smallest absolute Gasteiger partial charge is 0.234 e. The Morgan fingerprint density at radius 1 is 0.931 bits per heavy atom. The summed E-state index contributed by atoms with van der Waals surface area (Å²) in [5.41, 5.74) is 0.121. The van der Waals surface area contributed by atoms with Crippen LogP contribution in [0.3, 0.4) is 0 Å². The summed E-state index contributed by atoms with van der Waals surface area (Å²) in [5, 5.41) is 6.58. The molecule has 162 valence electrons. The van der Waals surface area contributed by atoms with Gasteiger partial charge in [-0.05, 0) is 115 Å². The Balaban J connectivity index is 1.12. The van der Waals surface area contributed by atoms with Crippen LogP contribution in [0.4, 0.5) is 0 Å². The molecular formula is C24H39N3O2. The van der Waals surface area contributed by atoms with E-state index >= 15 is 0 Å². The highest BCUT2D eigenvalue weighted by molar-refractivity contribution is 5.84. The third kappa shape index (κ3) is 3.84. The van der Waals surface area contributed by atoms with Crippen LogP contribution in [0, 0.1) is 28.6 Å². The zero-order valence-electron chi connectivity index (χ0n) is 18.6. The van der Waals surface area contributed by atoms with E-state index in [1.165, 1.54) is 19.3 Å². The molecule has 1 aliphatic heterocycles. The maximum Gasteiger partial charge on any atom is 0.234 e. The van der Waals surface area contributed by atoms with Gasteiger partial charge in [-0.1, -0.05) is 0 Å². The van der Waals surface area contributed by atoms with Gasteiger partial charge in [0.15, 0.2) is 0 Å². The summed E-state index contributed by atoms with van der Waals surface area (Å²) in [6.07, 6.45) is 11.0. The van der Waals surface area contributed by atoms with E-state index in [1.807, 2.05) is 20.8 Å². The lowest BCUT2D eigenvalue weighted by atomic mass is 9.49. The zero-order valence-corrected chi connectivity index (χ0v) is 18.6. The number of hydrogen-bond donors (Lipinski definition) is 2. The van der Waals surface area contributed by atoms with Crippen LogP contribution in [0.25, 0.3) is 0 Å². The second-order valence-electron chi connectivity index (χ2n) is 12.4. The Bertz CT molecular complexity index is 651. The number of piperidine rings is 1. The van der Waals surface area contributed by atoms with E-state index in [1.54, 1.807) is 0 Å². The van der Waals surface area contributed by atoms with Crippen LogP contribution in [0.15, 0.2) is 0 Å². The number of nitrogens with zero attached hydrogens (tertiary/aromatic N) is 1. The van der Waals surface area contributed by atoms with Crippen LogP contribution >= 0.6 is 0 Å². The number of hydrogen-bond acceptors (Lipinski definition) is 3. The fraction of sp³-hybridized carbons (Fsp3) is 0.917. The normalized spacial score (nSPS) is 40.1. The van der Waals surface area contributed by atoms with Crippen LogP contribution in [-0.2, 0) is 9.59 Å². The van der Waals surface area contributed by atoms with Crippen LogP contribution in [-0.4, -0.2) is 47.9 Å². The second-order valence-corrected chi connectivity index (χ2v) is 12.4. The van der Waals surface area contributed by atoms with E-state index in [4.69, 9.17) is 0 Å². The molecule has 6 fully saturated rings. The van der Waals surface area contributed by atoms with Crippen molar-refractivity contribution < 1.29 is 9.59 Å². The zero-order chi connectivity index (χ0) is 20.4. The summed E-state index contributed by atoms with van der Waals surface area (Å²) >= 11 is 0. The lowest BCUT2D eigenvalue weighted by molar-refractivity contribution is -0.146. The average Bonchev–Trinajstić information content (AvgIpc) is 3.26. The number of carbonyl (C=O) groups excluding carboxylic acids is 2. The molecule has 29 heavy (non-hydrogen) atoms. The summed E-state index contributed by atoms with van der Waals surface area (Å²) in [6.45, 7) is 8.52. The maximum atomic E-state index is 13.3. The minimum Gasteiger partial charge on any atom is -0.352 e. The van der Waals surface area contributed by atoms with E-state index in [0.29, 0.717) is 23.9 Å². The second kappa shape index (κ2) is 6.70. The standard InChI is InChI=1S/C24H39N3O2/c1-22(2,3)26-20(28)15-27-6-4-23(5-7-27)14-19(23)25-21(29)24-11-16-8-17(12-24)10-18(9-16)13-24/h16-19H,4-15H2,1-3H3,(H,25,29)(H,26,28). The Morgan fingerprint density at radius 2 is 1.48 bits per heavy atom. The van der Waals surface area contributed by atoms with Crippen molar-refractivity contribution in [2.75, 3.05) is 19.6 Å². The first-order valence-corrected chi connectivity index (χ1v) is 12.0. The van der Waals surface area contributed by atoms with Crippen molar-refractivity contribution in [3.8, 4) is 0 Å². The monoisotopic (exact) mass is 401 g/mol. The molecule has 0 radical (unpaired) electrons. The van der Waals surface area contributed by atoms with Gasteiger partial charge >= 0.3 is 0 Å². The first kappa shape index (κ1) is 19.8. The summed E-state index contributed by atoms with van der Waals surface area (Å²) in [5.74, 6) is 2.98. The van der Waals surface area contributed by atoms with Crippen molar-refractivity contribution in [1.29, 1.82) is 0 Å². The molecule has 2 amide bonds. The quantitative estimate of drug-likeness (QED) is 0.761. The SMILES string of the molecule is CC(C)(C)NC(=O)CN1CCC2(CC1)CC2NC(=O)C12CC3CC(CC(C3)C1)C2. The number of carbonyl (C=O) groups is 2.